The first-order valence-corrected chi connectivity index (χ1v) is 26.3. The van der Waals surface area contributed by atoms with Crippen molar-refractivity contribution in [2.75, 3.05) is 36.0 Å². The monoisotopic (exact) mass is 950 g/mol. The molecule has 0 spiro atoms. The molecule has 2 heterocycles. The molecular formula is C54H61N3NaO7S2+. The summed E-state index contributed by atoms with van der Waals surface area (Å²) in [7, 11) is -8.14. The van der Waals surface area contributed by atoms with Gasteiger partial charge < -0.3 is 15.3 Å². The first-order chi connectivity index (χ1) is 31.4. The van der Waals surface area contributed by atoms with Gasteiger partial charge in [0, 0.05) is 59.7 Å². The summed E-state index contributed by atoms with van der Waals surface area (Å²) in [5.41, 5.74) is 10.6. The summed E-state index contributed by atoms with van der Waals surface area (Å²) in [6.07, 6.45) is 14.2. The molecule has 3 aliphatic rings. The second kappa shape index (κ2) is 20.6. The number of allylic oxidation sites excluding steroid dienone is 7. The molecule has 1 aliphatic carbocycles. The van der Waals surface area contributed by atoms with Crippen LogP contribution in [0.4, 0.5) is 11.4 Å². The smallest absolute Gasteiger partial charge is 0.872 e. The van der Waals surface area contributed by atoms with E-state index in [1.54, 1.807) is 12.1 Å². The maximum absolute atomic E-state index is 11.9. The number of anilines is 1. The summed E-state index contributed by atoms with van der Waals surface area (Å²) in [4.78, 5) is 2.33. The van der Waals surface area contributed by atoms with Crippen LogP contribution in [-0.4, -0.2) is 67.4 Å². The van der Waals surface area contributed by atoms with Gasteiger partial charge in [0.1, 0.15) is 6.54 Å². The molecule has 8 rings (SSSR count). The molecule has 5 aromatic rings. The minimum absolute atomic E-state index is 0. The first-order valence-electron chi connectivity index (χ1n) is 23.1. The Labute approximate surface area is 418 Å². The van der Waals surface area contributed by atoms with E-state index in [4.69, 9.17) is 0 Å². The predicted molar refractivity (Wildman–Crippen MR) is 266 cm³/mol. The minimum atomic E-state index is -4.07. The Morgan fingerprint density at radius 3 is 1.96 bits per heavy atom. The summed E-state index contributed by atoms with van der Waals surface area (Å²) in [5, 5.41) is 20.3. The molecule has 346 valence electrons. The van der Waals surface area contributed by atoms with Crippen molar-refractivity contribution in [3.63, 3.8) is 0 Å². The van der Waals surface area contributed by atoms with Crippen LogP contribution in [0.5, 0.6) is 5.75 Å². The third kappa shape index (κ3) is 11.5. The molecular weight excluding hydrogens is 890 g/mol. The molecule has 0 unspecified atom stereocenters. The van der Waals surface area contributed by atoms with Gasteiger partial charge in [0.15, 0.2) is 5.71 Å². The normalized spacial score (nSPS) is 18.1. The van der Waals surface area contributed by atoms with Gasteiger partial charge in [0.05, 0.1) is 16.9 Å². The molecule has 0 fully saturated rings. The molecule has 67 heavy (non-hydrogen) atoms. The number of hydrogen-bond donors (Lipinski definition) is 3. The van der Waals surface area contributed by atoms with Crippen LogP contribution in [0.3, 0.4) is 0 Å². The Bertz CT molecular complexity index is 3060. The van der Waals surface area contributed by atoms with E-state index < -0.39 is 20.2 Å². The number of fused-ring (bicyclic) bond motifs is 4. The fourth-order valence-corrected chi connectivity index (χ4v) is 11.3. The van der Waals surface area contributed by atoms with Crippen LogP contribution < -0.4 is 44.9 Å². The van der Waals surface area contributed by atoms with Gasteiger partial charge in [-0.15, -0.1) is 5.75 Å². The fraction of sp³-hybridized carbons (Fsp3) is 0.352. The summed E-state index contributed by atoms with van der Waals surface area (Å²) in [6.45, 7) is 10.8. The molecule has 5 aromatic carbocycles. The van der Waals surface area contributed by atoms with E-state index in [1.165, 1.54) is 22.3 Å². The van der Waals surface area contributed by atoms with Crippen molar-refractivity contribution < 1.29 is 65.2 Å². The van der Waals surface area contributed by atoms with Crippen LogP contribution in [0.2, 0.25) is 0 Å². The number of rotatable bonds is 17. The maximum Gasteiger partial charge on any atom is 1.00 e. The van der Waals surface area contributed by atoms with Gasteiger partial charge in [0.2, 0.25) is 5.69 Å². The number of nitrogens with zero attached hydrogens (tertiary/aromatic N) is 2. The van der Waals surface area contributed by atoms with Crippen LogP contribution >= 0.6 is 0 Å². The van der Waals surface area contributed by atoms with Gasteiger partial charge >= 0.3 is 29.6 Å². The number of unbranched alkanes of at least 4 members (excludes halogenated alkanes) is 2. The molecule has 2 aliphatic heterocycles. The zero-order chi connectivity index (χ0) is 46.9. The molecule has 0 saturated carbocycles. The average Bonchev–Trinajstić information content (AvgIpc) is 3.60. The second-order valence-corrected chi connectivity index (χ2v) is 22.2. The Morgan fingerprint density at radius 2 is 1.31 bits per heavy atom. The third-order valence-electron chi connectivity index (χ3n) is 13.6. The average molecular weight is 951 g/mol. The van der Waals surface area contributed by atoms with Gasteiger partial charge in [0.25, 0.3) is 20.2 Å². The Balaban J connectivity index is 0.00000666. The van der Waals surface area contributed by atoms with Crippen molar-refractivity contribution in [3.05, 3.63) is 161 Å². The number of hydrogen-bond acceptors (Lipinski definition) is 7. The van der Waals surface area contributed by atoms with Gasteiger partial charge in [-0.1, -0.05) is 98.8 Å². The molecule has 0 aromatic heterocycles. The van der Waals surface area contributed by atoms with E-state index in [0.29, 0.717) is 45.3 Å². The van der Waals surface area contributed by atoms with Crippen molar-refractivity contribution in [1.29, 1.82) is 0 Å². The Hall–Kier alpha value is -4.53. The van der Waals surface area contributed by atoms with Crippen LogP contribution in [-0.2, 0) is 37.5 Å². The summed E-state index contributed by atoms with van der Waals surface area (Å²) < 4.78 is 68.0. The van der Waals surface area contributed by atoms with Crippen LogP contribution in [0, 0.1) is 0 Å². The topological polar surface area (TPSA) is 150 Å². The van der Waals surface area contributed by atoms with Crippen LogP contribution in [0.1, 0.15) is 89.3 Å². The van der Waals surface area contributed by atoms with Gasteiger partial charge in [-0.2, -0.15) is 21.4 Å². The summed E-state index contributed by atoms with van der Waals surface area (Å²) in [6, 6.07) is 32.7. The van der Waals surface area contributed by atoms with Crippen molar-refractivity contribution in [2.24, 2.45) is 0 Å². The van der Waals surface area contributed by atoms with Crippen molar-refractivity contribution in [2.45, 2.75) is 89.9 Å². The Kier molecular flexibility index (Phi) is 15.5. The van der Waals surface area contributed by atoms with E-state index >= 15 is 0 Å². The minimum Gasteiger partial charge on any atom is -0.872 e. The fourth-order valence-electron chi connectivity index (χ4n) is 10.1. The molecule has 0 atom stereocenters. The summed E-state index contributed by atoms with van der Waals surface area (Å²) in [5.74, 6) is -0.569. The summed E-state index contributed by atoms with van der Waals surface area (Å²) >= 11 is 0. The van der Waals surface area contributed by atoms with Gasteiger partial charge in [-0.3, -0.25) is 9.11 Å². The van der Waals surface area contributed by atoms with E-state index in [-0.39, 0.29) is 57.6 Å². The van der Waals surface area contributed by atoms with Gasteiger partial charge in [-0.05, 0) is 127 Å². The van der Waals surface area contributed by atoms with Crippen LogP contribution in [0.25, 0.3) is 21.5 Å². The van der Waals surface area contributed by atoms with Gasteiger partial charge in [-0.25, -0.2) is 0 Å². The number of benzene rings is 5. The zero-order valence-electron chi connectivity index (χ0n) is 39.4. The van der Waals surface area contributed by atoms with E-state index in [1.807, 2.05) is 24.3 Å². The Morgan fingerprint density at radius 1 is 0.716 bits per heavy atom. The van der Waals surface area contributed by atoms with Crippen LogP contribution in [0.15, 0.2) is 144 Å². The molecule has 0 amide bonds. The first kappa shape index (κ1) is 50.3. The molecule has 0 saturated heterocycles. The molecule has 10 nitrogen and oxygen atoms in total. The predicted octanol–water partition coefficient (Wildman–Crippen LogP) is 7.22. The zero-order valence-corrected chi connectivity index (χ0v) is 43.0. The standard InChI is InChI=1S/C54H61N3O7S2.Na/c1-53(2)46-34-41-14-5-7-16-43(41)36-48(46)56(30-9-11-32-65(59,60)61)50(53)26-22-39-18-13-19-40(52(39)55-29-28-38-20-24-45(58)25-21-38)23-27-51-54(3,4)47-35-42-15-6-8-17-44(42)37-49(47)57(51)31-10-12-33-66(62,63)64;/h5-8,14-17,20-27,34-37H,9-13,18-19,28-33H2,1-4H3,(H3,58,59,60,61,62,63,64);/q;+1. The van der Waals surface area contributed by atoms with Crippen molar-refractivity contribution >= 4 is 58.9 Å². The molecule has 3 N–H and O–H groups in total. The quantitative estimate of drug-likeness (QED) is 0.0380. The molecule has 0 radical (unpaired) electrons. The largest absolute Gasteiger partial charge is 1.00 e. The van der Waals surface area contributed by atoms with E-state index in [2.05, 4.69) is 127 Å². The third-order valence-corrected chi connectivity index (χ3v) is 15.3. The van der Waals surface area contributed by atoms with E-state index in [9.17, 15) is 31.0 Å². The second-order valence-electron chi connectivity index (χ2n) is 19.0. The number of nitrogens with one attached hydrogen (secondary N) is 1. The van der Waals surface area contributed by atoms with Crippen molar-refractivity contribution in [3.8, 4) is 5.75 Å². The van der Waals surface area contributed by atoms with E-state index in [0.717, 1.165) is 81.3 Å². The van der Waals surface area contributed by atoms with Crippen molar-refractivity contribution in [1.82, 2.24) is 5.32 Å². The maximum atomic E-state index is 11.9. The molecule has 0 bridgehead atoms. The SMILES string of the molecule is CC1(C)C(=CC=C2CCCC(C=CC3=[N+](CCCCS(=O)(=O)O)c4cc5ccccc5cc4C3(C)C)=C2NCCc2ccc([O-])cc2)N(CCCCS(=O)(=O)O)c2cc3ccccc3cc21.[Na+]. The molecule has 13 heteroatoms.